The van der Waals surface area contributed by atoms with E-state index in [4.69, 9.17) is 4.74 Å². The summed E-state index contributed by atoms with van der Waals surface area (Å²) in [6.45, 7) is 1.98. The van der Waals surface area contributed by atoms with Crippen LogP contribution in [0.1, 0.15) is 49.0 Å². The van der Waals surface area contributed by atoms with Gasteiger partial charge in [0.2, 0.25) is 0 Å². The molecule has 180 valence electrons. The zero-order chi connectivity index (χ0) is 24.0. The van der Waals surface area contributed by atoms with Crippen LogP contribution in [0.5, 0.6) is 0 Å². The second kappa shape index (κ2) is 8.41. The molecule has 0 aliphatic heterocycles. The van der Waals surface area contributed by atoms with Crippen molar-refractivity contribution in [2.24, 2.45) is 0 Å². The lowest BCUT2D eigenvalue weighted by Gasteiger charge is -2.45. The Kier molecular flexibility index (Phi) is 5.53. The number of pyridine rings is 1. The summed E-state index contributed by atoms with van der Waals surface area (Å²) in [5, 5.41) is 23.5. The number of ether oxygens (including phenoxy) is 1. The summed E-state index contributed by atoms with van der Waals surface area (Å²) in [4.78, 5) is 30.7. The molecule has 0 radical (unpaired) electrons. The monoisotopic (exact) mass is 467 g/mol. The fourth-order valence-electron chi connectivity index (χ4n) is 4.56. The smallest absolute Gasteiger partial charge is 0.274 e. The summed E-state index contributed by atoms with van der Waals surface area (Å²) in [6, 6.07) is 4.84. The third-order valence-electron chi connectivity index (χ3n) is 7.21. The van der Waals surface area contributed by atoms with Gasteiger partial charge in [0.15, 0.2) is 5.65 Å². The first-order valence-electron chi connectivity index (χ1n) is 11.4. The number of amides is 1. The molecule has 5 rings (SSSR count). The Hall–Kier alpha value is -3.44. The van der Waals surface area contributed by atoms with Gasteiger partial charge >= 0.3 is 0 Å². The van der Waals surface area contributed by atoms with E-state index in [0.717, 1.165) is 19.3 Å². The highest BCUT2D eigenvalue weighted by Crippen LogP contribution is 2.35. The van der Waals surface area contributed by atoms with Crippen molar-refractivity contribution in [2.45, 2.75) is 56.4 Å². The summed E-state index contributed by atoms with van der Waals surface area (Å²) in [7, 11) is 3.39. The molecular formula is C23H29N7O4. The number of aliphatic hydroxyl groups excluding tert-OH is 1. The van der Waals surface area contributed by atoms with Gasteiger partial charge in [-0.2, -0.15) is 9.61 Å². The SMILES string of the molecule is CNc1cc(Nc2cccn([C@@H]3CC[C@@H]3O)c2=O)nc2c(C(=O)N[C@@H]3CC[C@@]3(C)OC)cnn12. The number of carbonyl (C=O) groups excluding carboxylic acids is 1. The first-order chi connectivity index (χ1) is 16.3. The maximum Gasteiger partial charge on any atom is 0.274 e. The molecule has 0 bridgehead atoms. The molecule has 3 aromatic heterocycles. The van der Waals surface area contributed by atoms with Gasteiger partial charge in [-0.05, 0) is 44.7 Å². The second-order valence-electron chi connectivity index (χ2n) is 9.12. The predicted molar refractivity (Wildman–Crippen MR) is 127 cm³/mol. The van der Waals surface area contributed by atoms with E-state index in [0.29, 0.717) is 35.0 Å². The number of nitrogens with zero attached hydrogens (tertiary/aromatic N) is 4. The molecule has 0 spiro atoms. The Labute approximate surface area is 196 Å². The van der Waals surface area contributed by atoms with E-state index in [9.17, 15) is 14.7 Å². The molecule has 2 saturated carbocycles. The molecule has 34 heavy (non-hydrogen) atoms. The number of methoxy groups -OCH3 is 1. The highest BCUT2D eigenvalue weighted by atomic mass is 16.5. The van der Waals surface area contributed by atoms with Gasteiger partial charge in [-0.1, -0.05) is 0 Å². The Morgan fingerprint density at radius 3 is 2.76 bits per heavy atom. The van der Waals surface area contributed by atoms with Crippen molar-refractivity contribution < 1.29 is 14.6 Å². The van der Waals surface area contributed by atoms with E-state index < -0.39 is 6.10 Å². The topological polar surface area (TPSA) is 135 Å². The van der Waals surface area contributed by atoms with Crippen LogP contribution in [0.2, 0.25) is 0 Å². The number of anilines is 3. The fraction of sp³-hybridized carbons (Fsp3) is 0.478. The van der Waals surface area contributed by atoms with Crippen LogP contribution < -0.4 is 21.5 Å². The minimum absolute atomic E-state index is 0.0883. The summed E-state index contributed by atoms with van der Waals surface area (Å²) < 4.78 is 8.65. The highest BCUT2D eigenvalue weighted by Gasteiger charge is 2.44. The minimum atomic E-state index is -0.512. The molecule has 11 heteroatoms. The van der Waals surface area contributed by atoms with Crippen LogP contribution >= 0.6 is 0 Å². The molecule has 1 amide bonds. The standard InChI is InChI=1S/C23H29N7O4/c1-23(34-3)9-8-17(23)27-21(32)13-12-25-30-19(24-2)11-18(28-20(13)30)26-14-5-4-10-29(22(14)33)15-6-7-16(15)31/h4-5,10-12,15-17,24,31H,6-9H2,1-3H3,(H,26,28)(H,27,32)/t15-,16+,17-,23-/m1/s1. The second-order valence-corrected chi connectivity index (χ2v) is 9.12. The number of aliphatic hydroxyl groups is 1. The number of fused-ring (bicyclic) bond motifs is 1. The van der Waals surface area contributed by atoms with Crippen molar-refractivity contribution in [3.05, 3.63) is 46.5 Å². The largest absolute Gasteiger partial charge is 0.391 e. The van der Waals surface area contributed by atoms with Gasteiger partial charge in [-0.15, -0.1) is 0 Å². The Balaban J connectivity index is 1.46. The number of nitrogens with one attached hydrogen (secondary N) is 3. The molecule has 0 unspecified atom stereocenters. The van der Waals surface area contributed by atoms with E-state index in [-0.39, 0.29) is 29.2 Å². The zero-order valence-electron chi connectivity index (χ0n) is 19.4. The lowest BCUT2D eigenvalue weighted by atomic mass is 9.76. The average Bonchev–Trinajstić information content (AvgIpc) is 3.26. The molecule has 3 heterocycles. The van der Waals surface area contributed by atoms with Crippen molar-refractivity contribution in [1.82, 2.24) is 24.5 Å². The lowest BCUT2D eigenvalue weighted by Crippen LogP contribution is -2.59. The van der Waals surface area contributed by atoms with Crippen molar-refractivity contribution in [3.8, 4) is 0 Å². The fourth-order valence-corrected chi connectivity index (χ4v) is 4.56. The Morgan fingerprint density at radius 1 is 1.32 bits per heavy atom. The summed E-state index contributed by atoms with van der Waals surface area (Å²) in [6.07, 6.45) is 5.83. The van der Waals surface area contributed by atoms with Crippen LogP contribution in [-0.2, 0) is 4.74 Å². The van der Waals surface area contributed by atoms with Gasteiger partial charge in [0, 0.05) is 26.4 Å². The first kappa shape index (κ1) is 22.4. The highest BCUT2D eigenvalue weighted by molar-refractivity contribution is 6.00. The van der Waals surface area contributed by atoms with Crippen LogP contribution in [0, 0.1) is 0 Å². The van der Waals surface area contributed by atoms with Gasteiger partial charge < -0.3 is 30.4 Å². The normalized spacial score (nSPS) is 25.9. The molecule has 2 aliphatic rings. The molecule has 11 nitrogen and oxygen atoms in total. The Morgan fingerprint density at radius 2 is 2.15 bits per heavy atom. The Bertz CT molecular complexity index is 1300. The van der Waals surface area contributed by atoms with E-state index in [1.807, 2.05) is 6.92 Å². The van der Waals surface area contributed by atoms with Crippen LogP contribution in [-0.4, -0.2) is 62.1 Å². The van der Waals surface area contributed by atoms with E-state index >= 15 is 0 Å². The van der Waals surface area contributed by atoms with Gasteiger partial charge in [-0.3, -0.25) is 9.59 Å². The molecule has 0 aromatic carbocycles. The third kappa shape index (κ3) is 3.61. The maximum absolute atomic E-state index is 13.1. The first-order valence-corrected chi connectivity index (χ1v) is 11.4. The van der Waals surface area contributed by atoms with Gasteiger partial charge in [-0.25, -0.2) is 4.98 Å². The van der Waals surface area contributed by atoms with E-state index in [1.165, 1.54) is 6.20 Å². The van der Waals surface area contributed by atoms with Crippen molar-refractivity contribution >= 4 is 28.9 Å². The number of rotatable bonds is 7. The van der Waals surface area contributed by atoms with Gasteiger partial charge in [0.25, 0.3) is 11.5 Å². The van der Waals surface area contributed by atoms with Crippen molar-refractivity contribution in [2.75, 3.05) is 24.8 Å². The van der Waals surface area contributed by atoms with Crippen LogP contribution in [0.25, 0.3) is 5.65 Å². The lowest BCUT2D eigenvalue weighted by molar-refractivity contribution is -0.0828. The predicted octanol–water partition coefficient (Wildman–Crippen LogP) is 1.67. The number of hydrogen-bond acceptors (Lipinski definition) is 8. The van der Waals surface area contributed by atoms with Crippen molar-refractivity contribution in [3.63, 3.8) is 0 Å². The van der Waals surface area contributed by atoms with Gasteiger partial charge in [0.1, 0.15) is 22.9 Å². The van der Waals surface area contributed by atoms with Gasteiger partial charge in [0.05, 0.1) is 30.0 Å². The molecule has 3 aromatic rings. The summed E-state index contributed by atoms with van der Waals surface area (Å²) in [5.41, 5.74) is 0.394. The van der Waals surface area contributed by atoms with Crippen LogP contribution in [0.15, 0.2) is 35.4 Å². The number of aromatic nitrogens is 4. The molecule has 4 N–H and O–H groups in total. The summed E-state index contributed by atoms with van der Waals surface area (Å²) in [5.74, 6) is 0.707. The number of carbonyl (C=O) groups is 1. The minimum Gasteiger partial charge on any atom is -0.391 e. The molecule has 0 saturated heterocycles. The molecule has 4 atom stereocenters. The third-order valence-corrected chi connectivity index (χ3v) is 7.21. The quantitative estimate of drug-likeness (QED) is 0.412. The van der Waals surface area contributed by atoms with Crippen LogP contribution in [0.4, 0.5) is 17.3 Å². The van der Waals surface area contributed by atoms with E-state index in [1.54, 1.807) is 47.6 Å². The average molecular weight is 468 g/mol. The molecule has 2 fully saturated rings. The zero-order valence-corrected chi connectivity index (χ0v) is 19.4. The van der Waals surface area contributed by atoms with Crippen molar-refractivity contribution in [1.29, 1.82) is 0 Å². The number of hydrogen-bond donors (Lipinski definition) is 4. The summed E-state index contributed by atoms with van der Waals surface area (Å²) >= 11 is 0. The maximum atomic E-state index is 13.1. The molecule has 2 aliphatic carbocycles. The molecular weight excluding hydrogens is 438 g/mol. The van der Waals surface area contributed by atoms with Crippen LogP contribution in [0.3, 0.4) is 0 Å². The van der Waals surface area contributed by atoms with E-state index in [2.05, 4.69) is 26.0 Å².